The van der Waals surface area contributed by atoms with E-state index in [0.29, 0.717) is 6.61 Å². The average molecular weight is 187 g/mol. The smallest absolute Gasteiger partial charge is 0.330 e. The van der Waals surface area contributed by atoms with Gasteiger partial charge in [0.1, 0.15) is 0 Å². The summed E-state index contributed by atoms with van der Waals surface area (Å²) in [5.74, 6) is -0.286. The first-order valence-electron chi connectivity index (χ1n) is 4.14. The van der Waals surface area contributed by atoms with Crippen molar-refractivity contribution in [2.45, 2.75) is 25.4 Å². The molecule has 13 heavy (non-hydrogen) atoms. The number of carbonyl (C=O) groups is 2. The summed E-state index contributed by atoms with van der Waals surface area (Å²) in [5, 5.41) is 0. The summed E-state index contributed by atoms with van der Waals surface area (Å²) < 4.78 is 5.23. The molecule has 0 bridgehead atoms. The van der Waals surface area contributed by atoms with Crippen LogP contribution in [-0.4, -0.2) is 24.6 Å². The minimum atomic E-state index is -0.777. The van der Waals surface area contributed by atoms with Gasteiger partial charge in [-0.3, -0.25) is 10.2 Å². The lowest BCUT2D eigenvalue weighted by molar-refractivity contribution is -0.123. The predicted octanol–water partition coefficient (Wildman–Crippen LogP) is -0.745. The fraction of sp³-hybridized carbons (Fsp3) is 0.714. The van der Waals surface area contributed by atoms with Crippen LogP contribution in [0.1, 0.15) is 19.3 Å². The Balaban J connectivity index is 2.13. The summed E-state index contributed by atoms with van der Waals surface area (Å²) in [4.78, 5) is 21.2. The number of primary amides is 1. The maximum absolute atomic E-state index is 11.0. The number of hydrogen-bond acceptors (Lipinski definition) is 3. The summed E-state index contributed by atoms with van der Waals surface area (Å²) in [5.41, 5.74) is 8.92. The van der Waals surface area contributed by atoms with Gasteiger partial charge in [0.15, 0.2) is 0 Å². The summed E-state index contributed by atoms with van der Waals surface area (Å²) >= 11 is 0. The lowest BCUT2D eigenvalue weighted by Crippen LogP contribution is -2.45. The zero-order valence-corrected chi connectivity index (χ0v) is 7.21. The Morgan fingerprint density at radius 2 is 2.23 bits per heavy atom. The number of amides is 3. The number of urea groups is 1. The highest BCUT2D eigenvalue weighted by Gasteiger charge is 2.18. The van der Waals surface area contributed by atoms with Crippen molar-refractivity contribution in [1.29, 1.82) is 0 Å². The first-order chi connectivity index (χ1) is 6.18. The van der Waals surface area contributed by atoms with Crippen LogP contribution in [0.25, 0.3) is 0 Å². The number of ether oxygens (including phenoxy) is 1. The number of hydrazine groups is 1. The Hall–Kier alpha value is -1.30. The molecule has 1 rings (SSSR count). The number of carbonyl (C=O) groups excluding carboxylic acids is 2. The van der Waals surface area contributed by atoms with Crippen LogP contribution in [0.5, 0.6) is 0 Å². The van der Waals surface area contributed by atoms with E-state index in [9.17, 15) is 9.59 Å². The Morgan fingerprint density at radius 1 is 1.46 bits per heavy atom. The van der Waals surface area contributed by atoms with Gasteiger partial charge in [-0.2, -0.15) is 0 Å². The molecule has 0 aromatic heterocycles. The third kappa shape index (κ3) is 3.75. The van der Waals surface area contributed by atoms with Crippen molar-refractivity contribution in [2.24, 2.45) is 5.73 Å². The van der Waals surface area contributed by atoms with Gasteiger partial charge in [0, 0.05) is 6.61 Å². The summed E-state index contributed by atoms with van der Waals surface area (Å²) in [6.45, 7) is 0.710. The molecule has 6 nitrogen and oxygen atoms in total. The molecule has 0 aromatic rings. The predicted molar refractivity (Wildman–Crippen MR) is 44.5 cm³/mol. The first-order valence-corrected chi connectivity index (χ1v) is 4.14. The van der Waals surface area contributed by atoms with E-state index in [4.69, 9.17) is 10.5 Å². The van der Waals surface area contributed by atoms with Gasteiger partial charge in [-0.25, -0.2) is 10.2 Å². The van der Waals surface area contributed by atoms with Gasteiger partial charge in [-0.1, -0.05) is 0 Å². The minimum absolute atomic E-state index is 0.0188. The van der Waals surface area contributed by atoms with Gasteiger partial charge >= 0.3 is 6.03 Å². The Labute approximate surface area is 75.8 Å². The van der Waals surface area contributed by atoms with Crippen molar-refractivity contribution in [3.8, 4) is 0 Å². The Kier molecular flexibility index (Phi) is 3.51. The molecule has 1 aliphatic heterocycles. The van der Waals surface area contributed by atoms with Crippen molar-refractivity contribution >= 4 is 11.9 Å². The van der Waals surface area contributed by atoms with Crippen LogP contribution in [0.15, 0.2) is 0 Å². The van der Waals surface area contributed by atoms with Gasteiger partial charge in [0.25, 0.3) is 0 Å². The molecule has 1 unspecified atom stereocenters. The van der Waals surface area contributed by atoms with Gasteiger partial charge in [0.2, 0.25) is 5.91 Å². The second-order valence-corrected chi connectivity index (χ2v) is 2.88. The summed E-state index contributed by atoms with van der Waals surface area (Å²) in [7, 11) is 0. The first kappa shape index (κ1) is 9.79. The molecule has 4 N–H and O–H groups in total. The molecule has 1 fully saturated rings. The molecule has 0 radical (unpaired) electrons. The standard InChI is InChI=1S/C7H13N3O3/c8-7(12)10-9-6(11)4-5-2-1-3-13-5/h5H,1-4H2,(H,9,11)(H3,8,10,12). The highest BCUT2D eigenvalue weighted by atomic mass is 16.5. The van der Waals surface area contributed by atoms with Crippen LogP contribution in [0.3, 0.4) is 0 Å². The van der Waals surface area contributed by atoms with Crippen LogP contribution in [0.2, 0.25) is 0 Å². The Morgan fingerprint density at radius 3 is 2.77 bits per heavy atom. The van der Waals surface area contributed by atoms with E-state index >= 15 is 0 Å². The normalized spacial score (nSPS) is 21.1. The van der Waals surface area contributed by atoms with Crippen LogP contribution < -0.4 is 16.6 Å². The van der Waals surface area contributed by atoms with Crippen LogP contribution >= 0.6 is 0 Å². The van der Waals surface area contributed by atoms with Crippen molar-refractivity contribution < 1.29 is 14.3 Å². The minimum Gasteiger partial charge on any atom is -0.378 e. The lowest BCUT2D eigenvalue weighted by Gasteiger charge is -2.09. The fourth-order valence-corrected chi connectivity index (χ4v) is 1.19. The van der Waals surface area contributed by atoms with Crippen LogP contribution in [-0.2, 0) is 9.53 Å². The largest absolute Gasteiger partial charge is 0.378 e. The molecule has 0 aromatic carbocycles. The van der Waals surface area contributed by atoms with E-state index in [-0.39, 0.29) is 18.4 Å². The van der Waals surface area contributed by atoms with Crippen LogP contribution in [0.4, 0.5) is 4.79 Å². The van der Waals surface area contributed by atoms with E-state index in [1.165, 1.54) is 0 Å². The number of nitrogens with two attached hydrogens (primary N) is 1. The maximum Gasteiger partial charge on any atom is 0.330 e. The number of nitrogens with one attached hydrogen (secondary N) is 2. The molecule has 0 aliphatic carbocycles. The molecule has 0 saturated carbocycles. The topological polar surface area (TPSA) is 93.5 Å². The van der Waals surface area contributed by atoms with E-state index in [1.807, 2.05) is 5.43 Å². The molecular weight excluding hydrogens is 174 g/mol. The van der Waals surface area contributed by atoms with E-state index in [2.05, 4.69) is 5.43 Å². The maximum atomic E-state index is 11.0. The van der Waals surface area contributed by atoms with Crippen LogP contribution in [0, 0.1) is 0 Å². The molecule has 1 atom stereocenters. The van der Waals surface area contributed by atoms with Gasteiger partial charge in [-0.05, 0) is 12.8 Å². The third-order valence-electron chi connectivity index (χ3n) is 1.76. The second-order valence-electron chi connectivity index (χ2n) is 2.88. The fourth-order valence-electron chi connectivity index (χ4n) is 1.19. The van der Waals surface area contributed by atoms with Crippen molar-refractivity contribution in [3.05, 3.63) is 0 Å². The third-order valence-corrected chi connectivity index (χ3v) is 1.76. The van der Waals surface area contributed by atoms with E-state index in [0.717, 1.165) is 12.8 Å². The van der Waals surface area contributed by atoms with Crippen molar-refractivity contribution in [1.82, 2.24) is 10.9 Å². The number of rotatable bonds is 2. The second kappa shape index (κ2) is 4.66. The molecule has 1 heterocycles. The molecular formula is C7H13N3O3. The summed E-state index contributed by atoms with van der Waals surface area (Å²) in [6, 6.07) is -0.777. The SMILES string of the molecule is NC(=O)NNC(=O)CC1CCCO1. The highest BCUT2D eigenvalue weighted by molar-refractivity contribution is 5.80. The molecule has 6 heteroatoms. The Bertz CT molecular complexity index is 201. The van der Waals surface area contributed by atoms with E-state index < -0.39 is 6.03 Å². The molecule has 1 saturated heterocycles. The number of hydrogen-bond donors (Lipinski definition) is 3. The molecule has 3 amide bonds. The zero-order valence-electron chi connectivity index (χ0n) is 7.21. The average Bonchev–Trinajstić information content (AvgIpc) is 2.53. The van der Waals surface area contributed by atoms with Gasteiger partial charge in [-0.15, -0.1) is 0 Å². The van der Waals surface area contributed by atoms with E-state index in [1.54, 1.807) is 0 Å². The quantitative estimate of drug-likeness (QED) is 0.497. The summed E-state index contributed by atoms with van der Waals surface area (Å²) in [6.07, 6.45) is 2.13. The van der Waals surface area contributed by atoms with Gasteiger partial charge in [0.05, 0.1) is 12.5 Å². The zero-order chi connectivity index (χ0) is 9.68. The lowest BCUT2D eigenvalue weighted by atomic mass is 10.2. The van der Waals surface area contributed by atoms with Crippen molar-refractivity contribution in [2.75, 3.05) is 6.61 Å². The highest BCUT2D eigenvalue weighted by Crippen LogP contribution is 2.14. The monoisotopic (exact) mass is 187 g/mol. The van der Waals surface area contributed by atoms with Gasteiger partial charge < -0.3 is 10.5 Å². The van der Waals surface area contributed by atoms with Crippen molar-refractivity contribution in [3.63, 3.8) is 0 Å². The molecule has 0 spiro atoms. The molecule has 1 aliphatic rings. The molecule has 74 valence electrons.